The first-order chi connectivity index (χ1) is 12.7. The standard InChI is InChI=1S/C17H21N5O3S/c1-25-8-7-21-14(23)10-22(17(21)24)12-2-5-20(6-3-12)16-15-13(4-9-26-15)18-11-19-16/h4,9,11-12H,2-3,5-8,10H2,1H3. The van der Waals surface area contributed by atoms with Crippen LogP contribution in [0.3, 0.4) is 0 Å². The predicted molar refractivity (Wildman–Crippen MR) is 98.3 cm³/mol. The maximum absolute atomic E-state index is 12.6. The summed E-state index contributed by atoms with van der Waals surface area (Å²) in [5.74, 6) is 0.833. The van der Waals surface area contributed by atoms with Gasteiger partial charge in [-0.05, 0) is 24.3 Å². The lowest BCUT2D eigenvalue weighted by Gasteiger charge is -2.36. The van der Waals surface area contributed by atoms with Gasteiger partial charge in [0, 0.05) is 26.2 Å². The van der Waals surface area contributed by atoms with Crippen LogP contribution in [0.5, 0.6) is 0 Å². The van der Waals surface area contributed by atoms with Gasteiger partial charge in [0.2, 0.25) is 5.91 Å². The number of fused-ring (bicyclic) bond motifs is 1. The molecule has 0 saturated carbocycles. The van der Waals surface area contributed by atoms with E-state index in [2.05, 4.69) is 14.9 Å². The predicted octanol–water partition coefficient (Wildman–Crippen LogP) is 1.57. The molecule has 4 rings (SSSR count). The average molecular weight is 375 g/mol. The number of carbonyl (C=O) groups is 2. The molecule has 2 saturated heterocycles. The molecule has 8 nitrogen and oxygen atoms in total. The Balaban J connectivity index is 1.42. The minimum atomic E-state index is -0.187. The van der Waals surface area contributed by atoms with Crippen molar-refractivity contribution in [2.45, 2.75) is 18.9 Å². The molecule has 0 bridgehead atoms. The van der Waals surface area contributed by atoms with E-state index in [1.807, 2.05) is 11.4 Å². The van der Waals surface area contributed by atoms with Crippen LogP contribution in [0.25, 0.3) is 10.2 Å². The number of nitrogens with zero attached hydrogens (tertiary/aromatic N) is 5. The van der Waals surface area contributed by atoms with Crippen LogP contribution in [-0.4, -0.2) is 77.6 Å². The summed E-state index contributed by atoms with van der Waals surface area (Å²) in [6, 6.07) is 1.91. The highest BCUT2D eigenvalue weighted by molar-refractivity contribution is 7.17. The molecule has 3 amide bonds. The first kappa shape index (κ1) is 17.2. The molecule has 0 radical (unpaired) electrons. The van der Waals surface area contributed by atoms with E-state index in [9.17, 15) is 9.59 Å². The molecule has 0 spiro atoms. The Labute approximate surface area is 155 Å². The van der Waals surface area contributed by atoms with Crippen molar-refractivity contribution in [1.29, 1.82) is 0 Å². The number of ether oxygens (including phenoxy) is 1. The molecule has 26 heavy (non-hydrogen) atoms. The molecule has 0 unspecified atom stereocenters. The van der Waals surface area contributed by atoms with Crippen molar-refractivity contribution in [3.63, 3.8) is 0 Å². The van der Waals surface area contributed by atoms with Crippen LogP contribution in [0.2, 0.25) is 0 Å². The lowest BCUT2D eigenvalue weighted by Crippen LogP contribution is -2.47. The van der Waals surface area contributed by atoms with Gasteiger partial charge in [-0.1, -0.05) is 0 Å². The lowest BCUT2D eigenvalue weighted by molar-refractivity contribution is -0.125. The zero-order valence-electron chi connectivity index (χ0n) is 14.6. The van der Waals surface area contributed by atoms with Crippen LogP contribution in [0.4, 0.5) is 10.6 Å². The van der Waals surface area contributed by atoms with Crippen LogP contribution in [0.1, 0.15) is 12.8 Å². The smallest absolute Gasteiger partial charge is 0.327 e. The molecular formula is C17H21N5O3S. The number of methoxy groups -OCH3 is 1. The third-order valence-electron chi connectivity index (χ3n) is 5.03. The zero-order chi connectivity index (χ0) is 18.1. The normalized spacial score (nSPS) is 19.2. The van der Waals surface area contributed by atoms with Crippen LogP contribution in [0, 0.1) is 0 Å². The Morgan fingerprint density at radius 3 is 2.85 bits per heavy atom. The number of imide groups is 1. The van der Waals surface area contributed by atoms with Gasteiger partial charge in [-0.15, -0.1) is 11.3 Å². The van der Waals surface area contributed by atoms with Gasteiger partial charge in [0.15, 0.2) is 0 Å². The van der Waals surface area contributed by atoms with E-state index >= 15 is 0 Å². The van der Waals surface area contributed by atoms with Crippen molar-refractivity contribution in [3.05, 3.63) is 17.8 Å². The molecule has 2 fully saturated rings. The van der Waals surface area contributed by atoms with E-state index < -0.39 is 0 Å². The van der Waals surface area contributed by atoms with Crippen molar-refractivity contribution < 1.29 is 14.3 Å². The highest BCUT2D eigenvalue weighted by atomic mass is 32.1. The van der Waals surface area contributed by atoms with Crippen molar-refractivity contribution in [3.8, 4) is 0 Å². The van der Waals surface area contributed by atoms with E-state index in [4.69, 9.17) is 4.74 Å². The van der Waals surface area contributed by atoms with E-state index in [1.165, 1.54) is 4.90 Å². The van der Waals surface area contributed by atoms with E-state index in [-0.39, 0.29) is 24.5 Å². The van der Waals surface area contributed by atoms with Crippen LogP contribution in [-0.2, 0) is 9.53 Å². The number of rotatable bonds is 5. The number of hydrogen-bond acceptors (Lipinski definition) is 7. The van der Waals surface area contributed by atoms with Crippen molar-refractivity contribution in [2.24, 2.45) is 0 Å². The molecule has 2 aromatic heterocycles. The van der Waals surface area contributed by atoms with Gasteiger partial charge >= 0.3 is 6.03 Å². The topological polar surface area (TPSA) is 78.9 Å². The second-order valence-electron chi connectivity index (χ2n) is 6.50. The fourth-order valence-corrected chi connectivity index (χ4v) is 4.50. The minimum absolute atomic E-state index is 0.0934. The Morgan fingerprint density at radius 2 is 2.08 bits per heavy atom. The summed E-state index contributed by atoms with van der Waals surface area (Å²) >= 11 is 1.65. The average Bonchev–Trinajstić information content (AvgIpc) is 3.25. The molecule has 0 N–H and O–H groups in total. The monoisotopic (exact) mass is 375 g/mol. The number of carbonyl (C=O) groups excluding carboxylic acids is 2. The van der Waals surface area contributed by atoms with Gasteiger partial charge in [0.05, 0.1) is 23.4 Å². The Hall–Kier alpha value is -2.26. The second-order valence-corrected chi connectivity index (χ2v) is 7.42. The van der Waals surface area contributed by atoms with Crippen molar-refractivity contribution in [1.82, 2.24) is 19.8 Å². The maximum Gasteiger partial charge on any atom is 0.327 e. The molecular weight excluding hydrogens is 354 g/mol. The fraction of sp³-hybridized carbons (Fsp3) is 0.529. The van der Waals surface area contributed by atoms with E-state index in [1.54, 1.807) is 29.7 Å². The Bertz CT molecular complexity index is 818. The summed E-state index contributed by atoms with van der Waals surface area (Å²) in [7, 11) is 1.57. The fourth-order valence-electron chi connectivity index (χ4n) is 3.64. The largest absolute Gasteiger partial charge is 0.383 e. The van der Waals surface area contributed by atoms with Gasteiger partial charge in [-0.25, -0.2) is 14.8 Å². The highest BCUT2D eigenvalue weighted by Crippen LogP contribution is 2.31. The quantitative estimate of drug-likeness (QED) is 0.738. The molecule has 2 aromatic rings. The summed E-state index contributed by atoms with van der Waals surface area (Å²) in [6.45, 7) is 2.49. The lowest BCUT2D eigenvalue weighted by atomic mass is 10.0. The molecule has 0 aromatic carbocycles. The molecule has 4 heterocycles. The van der Waals surface area contributed by atoms with Crippen LogP contribution < -0.4 is 4.90 Å². The molecule has 2 aliphatic rings. The number of piperidine rings is 1. The van der Waals surface area contributed by atoms with Crippen molar-refractivity contribution in [2.75, 3.05) is 44.8 Å². The number of urea groups is 1. The first-order valence-corrected chi connectivity index (χ1v) is 9.60. The van der Waals surface area contributed by atoms with Crippen LogP contribution in [0.15, 0.2) is 17.8 Å². The van der Waals surface area contributed by atoms with Crippen molar-refractivity contribution >= 4 is 39.3 Å². The first-order valence-electron chi connectivity index (χ1n) is 8.72. The maximum atomic E-state index is 12.6. The van der Waals surface area contributed by atoms with Crippen LogP contribution >= 0.6 is 11.3 Å². The summed E-state index contributed by atoms with van der Waals surface area (Å²) in [5, 5.41) is 2.03. The number of hydrogen-bond donors (Lipinski definition) is 0. The summed E-state index contributed by atoms with van der Waals surface area (Å²) in [5.41, 5.74) is 0.969. The van der Waals surface area contributed by atoms with Gasteiger partial charge in [-0.2, -0.15) is 0 Å². The highest BCUT2D eigenvalue weighted by Gasteiger charge is 2.40. The molecule has 0 atom stereocenters. The number of thiophene rings is 1. The van der Waals surface area contributed by atoms with Gasteiger partial charge < -0.3 is 14.5 Å². The third-order valence-corrected chi connectivity index (χ3v) is 5.93. The number of anilines is 1. The summed E-state index contributed by atoms with van der Waals surface area (Å²) < 4.78 is 6.09. The van der Waals surface area contributed by atoms with E-state index in [0.717, 1.165) is 42.0 Å². The second kappa shape index (κ2) is 7.16. The van der Waals surface area contributed by atoms with Gasteiger partial charge in [-0.3, -0.25) is 9.69 Å². The van der Waals surface area contributed by atoms with E-state index in [0.29, 0.717) is 13.2 Å². The third kappa shape index (κ3) is 3.01. The van der Waals surface area contributed by atoms with Gasteiger partial charge in [0.25, 0.3) is 0 Å². The SMILES string of the molecule is COCCN1C(=O)CN(C2CCN(c3ncnc4ccsc34)CC2)C1=O. The molecule has 9 heteroatoms. The minimum Gasteiger partial charge on any atom is -0.383 e. The molecule has 0 aliphatic carbocycles. The Morgan fingerprint density at radius 1 is 1.27 bits per heavy atom. The zero-order valence-corrected chi connectivity index (χ0v) is 15.4. The molecule has 138 valence electrons. The summed E-state index contributed by atoms with van der Waals surface area (Å²) in [4.78, 5) is 38.7. The summed E-state index contributed by atoms with van der Waals surface area (Å²) in [6.07, 6.45) is 3.26. The number of aromatic nitrogens is 2. The Kier molecular flexibility index (Phi) is 4.73. The molecule has 2 aliphatic heterocycles. The van der Waals surface area contributed by atoms with Gasteiger partial charge in [0.1, 0.15) is 18.7 Å². The number of amides is 3.